The van der Waals surface area contributed by atoms with Crippen molar-refractivity contribution in [3.8, 4) is 17.5 Å². The van der Waals surface area contributed by atoms with Gasteiger partial charge >= 0.3 is 6.01 Å². The number of halogens is 2. The number of nitrogens with zero attached hydrogens (tertiary/aromatic N) is 2. The molecule has 0 atom stereocenters. The molecule has 1 heterocycles. The molecule has 0 saturated carbocycles. The monoisotopic (exact) mass is 437 g/mol. The maximum atomic E-state index is 13.8. The SMILES string of the molecule is COc1ccc(S(=O)(=O)Nc2c(C)nc(Oc3ccccc3F)nc2C)cc1Cl. The van der Waals surface area contributed by atoms with Gasteiger partial charge in [0.2, 0.25) is 0 Å². The van der Waals surface area contributed by atoms with E-state index in [1.165, 1.54) is 43.5 Å². The van der Waals surface area contributed by atoms with Crippen LogP contribution in [-0.2, 0) is 10.0 Å². The average molecular weight is 438 g/mol. The second-order valence-electron chi connectivity index (χ2n) is 5.99. The van der Waals surface area contributed by atoms with Crippen LogP contribution < -0.4 is 14.2 Å². The van der Waals surface area contributed by atoms with Gasteiger partial charge in [-0.15, -0.1) is 0 Å². The summed E-state index contributed by atoms with van der Waals surface area (Å²) in [4.78, 5) is 8.19. The van der Waals surface area contributed by atoms with Crippen molar-refractivity contribution in [1.82, 2.24) is 9.97 Å². The van der Waals surface area contributed by atoms with Gasteiger partial charge in [0.15, 0.2) is 11.6 Å². The number of methoxy groups -OCH3 is 1. The number of ether oxygens (including phenoxy) is 2. The number of hydrogen-bond acceptors (Lipinski definition) is 6. The molecule has 29 heavy (non-hydrogen) atoms. The third-order valence-corrected chi connectivity index (χ3v) is 5.60. The van der Waals surface area contributed by atoms with Gasteiger partial charge in [0, 0.05) is 0 Å². The molecule has 1 N–H and O–H groups in total. The summed E-state index contributed by atoms with van der Waals surface area (Å²) >= 11 is 6.02. The third kappa shape index (κ3) is 4.57. The molecule has 152 valence electrons. The van der Waals surface area contributed by atoms with E-state index in [9.17, 15) is 12.8 Å². The zero-order chi connectivity index (χ0) is 21.2. The highest BCUT2D eigenvalue weighted by molar-refractivity contribution is 7.92. The van der Waals surface area contributed by atoms with Gasteiger partial charge in [-0.2, -0.15) is 9.97 Å². The first-order valence-corrected chi connectivity index (χ1v) is 10.2. The summed E-state index contributed by atoms with van der Waals surface area (Å²) in [7, 11) is -2.52. The summed E-state index contributed by atoms with van der Waals surface area (Å²) in [6.07, 6.45) is 0. The fraction of sp³-hybridized carbons (Fsp3) is 0.158. The Morgan fingerprint density at radius 2 is 1.69 bits per heavy atom. The Kier molecular flexibility index (Phi) is 5.90. The molecule has 0 spiro atoms. The number of hydrogen-bond donors (Lipinski definition) is 1. The lowest BCUT2D eigenvalue weighted by Crippen LogP contribution is -2.16. The molecule has 0 bridgehead atoms. The van der Waals surface area contributed by atoms with E-state index < -0.39 is 15.8 Å². The Morgan fingerprint density at radius 3 is 2.28 bits per heavy atom. The van der Waals surface area contributed by atoms with Gasteiger partial charge in [-0.05, 0) is 44.2 Å². The van der Waals surface area contributed by atoms with Crippen molar-refractivity contribution in [2.75, 3.05) is 11.8 Å². The Morgan fingerprint density at radius 1 is 1.03 bits per heavy atom. The van der Waals surface area contributed by atoms with Crippen LogP contribution in [0.4, 0.5) is 10.1 Å². The highest BCUT2D eigenvalue weighted by Crippen LogP contribution is 2.30. The molecular weight excluding hydrogens is 421 g/mol. The van der Waals surface area contributed by atoms with Crippen LogP contribution in [0.3, 0.4) is 0 Å². The van der Waals surface area contributed by atoms with E-state index in [1.54, 1.807) is 19.9 Å². The molecule has 0 aliphatic carbocycles. The van der Waals surface area contributed by atoms with Gasteiger partial charge in [-0.3, -0.25) is 4.72 Å². The molecule has 10 heteroatoms. The number of benzene rings is 2. The van der Waals surface area contributed by atoms with Crippen LogP contribution >= 0.6 is 11.6 Å². The zero-order valence-electron chi connectivity index (χ0n) is 15.7. The van der Waals surface area contributed by atoms with E-state index in [0.717, 1.165) is 0 Å². The van der Waals surface area contributed by atoms with Crippen LogP contribution in [0.5, 0.6) is 17.5 Å². The predicted octanol–water partition coefficient (Wildman–Crippen LogP) is 4.49. The Balaban J connectivity index is 1.89. The minimum Gasteiger partial charge on any atom is -0.495 e. The molecule has 1 aromatic heterocycles. The molecule has 0 radical (unpaired) electrons. The molecule has 3 rings (SSSR count). The fourth-order valence-electron chi connectivity index (χ4n) is 2.51. The van der Waals surface area contributed by atoms with Crippen LogP contribution in [0.25, 0.3) is 0 Å². The molecule has 0 amide bonds. The lowest BCUT2D eigenvalue weighted by atomic mass is 10.3. The molecule has 7 nitrogen and oxygen atoms in total. The quantitative estimate of drug-likeness (QED) is 0.611. The number of para-hydroxylation sites is 1. The van der Waals surface area contributed by atoms with Crippen LogP contribution in [0, 0.1) is 19.7 Å². The molecule has 0 unspecified atom stereocenters. The van der Waals surface area contributed by atoms with E-state index in [1.807, 2.05) is 0 Å². The van der Waals surface area contributed by atoms with Crippen molar-refractivity contribution in [2.24, 2.45) is 0 Å². The summed E-state index contributed by atoms with van der Waals surface area (Å²) in [6.45, 7) is 3.17. The Labute approximate surface area is 172 Å². The van der Waals surface area contributed by atoms with E-state index in [0.29, 0.717) is 17.1 Å². The van der Waals surface area contributed by atoms with E-state index >= 15 is 0 Å². The molecule has 0 saturated heterocycles. The van der Waals surface area contributed by atoms with Gasteiger partial charge in [-0.25, -0.2) is 12.8 Å². The summed E-state index contributed by atoms with van der Waals surface area (Å²) in [6, 6.07) is 9.84. The lowest BCUT2D eigenvalue weighted by Gasteiger charge is -2.14. The third-order valence-electron chi connectivity index (χ3n) is 3.96. The highest BCUT2D eigenvalue weighted by Gasteiger charge is 2.20. The number of sulfonamides is 1. The molecule has 0 aliphatic rings. The first-order chi connectivity index (χ1) is 13.7. The summed E-state index contributed by atoms with van der Waals surface area (Å²) in [5.41, 5.74) is 0.817. The minimum atomic E-state index is -3.96. The maximum Gasteiger partial charge on any atom is 0.322 e. The van der Waals surface area contributed by atoms with Gasteiger partial charge in [0.1, 0.15) is 5.75 Å². The summed E-state index contributed by atoms with van der Waals surface area (Å²) in [5.74, 6) is -0.240. The minimum absolute atomic E-state index is 0.0347. The number of anilines is 1. The normalized spacial score (nSPS) is 11.2. The van der Waals surface area contributed by atoms with E-state index in [-0.39, 0.29) is 27.4 Å². The van der Waals surface area contributed by atoms with E-state index in [2.05, 4.69) is 14.7 Å². The molecule has 3 aromatic rings. The van der Waals surface area contributed by atoms with Crippen LogP contribution in [0.1, 0.15) is 11.4 Å². The number of rotatable bonds is 6. The van der Waals surface area contributed by atoms with Gasteiger partial charge in [0.05, 0.1) is 34.1 Å². The topological polar surface area (TPSA) is 90.4 Å². The van der Waals surface area contributed by atoms with Gasteiger partial charge in [-0.1, -0.05) is 23.7 Å². The van der Waals surface area contributed by atoms with Crippen LogP contribution in [0.2, 0.25) is 5.02 Å². The first-order valence-electron chi connectivity index (χ1n) is 8.35. The highest BCUT2D eigenvalue weighted by atomic mass is 35.5. The molecular formula is C19H17ClFN3O4S. The number of aryl methyl sites for hydroxylation is 2. The Hall–Kier alpha value is -2.91. The second kappa shape index (κ2) is 8.22. The Bertz CT molecular complexity index is 1150. The first kappa shape index (κ1) is 20.8. The zero-order valence-corrected chi connectivity index (χ0v) is 17.3. The van der Waals surface area contributed by atoms with Gasteiger partial charge < -0.3 is 9.47 Å². The van der Waals surface area contributed by atoms with Crippen LogP contribution in [0.15, 0.2) is 47.4 Å². The van der Waals surface area contributed by atoms with Crippen LogP contribution in [-0.4, -0.2) is 25.5 Å². The van der Waals surface area contributed by atoms with Crippen molar-refractivity contribution in [1.29, 1.82) is 0 Å². The predicted molar refractivity (Wildman–Crippen MR) is 107 cm³/mol. The smallest absolute Gasteiger partial charge is 0.322 e. The lowest BCUT2D eigenvalue weighted by molar-refractivity contribution is 0.409. The molecule has 2 aromatic carbocycles. The number of aromatic nitrogens is 2. The average Bonchev–Trinajstić information content (AvgIpc) is 2.66. The van der Waals surface area contributed by atoms with Crippen molar-refractivity contribution >= 4 is 27.3 Å². The number of nitrogens with one attached hydrogen (secondary N) is 1. The standard InChI is InChI=1S/C19H17ClFN3O4S/c1-11-18(24-29(25,26)13-8-9-16(27-3)14(20)10-13)12(2)23-19(22-11)28-17-7-5-4-6-15(17)21/h4-10,24H,1-3H3. The summed E-state index contributed by atoms with van der Waals surface area (Å²) in [5, 5.41) is 0.161. The van der Waals surface area contributed by atoms with Gasteiger partial charge in [0.25, 0.3) is 10.0 Å². The maximum absolute atomic E-state index is 13.8. The van der Waals surface area contributed by atoms with E-state index in [4.69, 9.17) is 21.1 Å². The van der Waals surface area contributed by atoms with Crippen molar-refractivity contribution in [3.05, 3.63) is 64.7 Å². The second-order valence-corrected chi connectivity index (χ2v) is 8.08. The fourth-order valence-corrected chi connectivity index (χ4v) is 4.04. The van der Waals surface area contributed by atoms with Crippen molar-refractivity contribution < 1.29 is 22.3 Å². The summed E-state index contributed by atoms with van der Waals surface area (Å²) < 4.78 is 52.1. The largest absolute Gasteiger partial charge is 0.495 e. The molecule has 0 fully saturated rings. The van der Waals surface area contributed by atoms with Crippen molar-refractivity contribution in [2.45, 2.75) is 18.7 Å². The van der Waals surface area contributed by atoms with Crippen molar-refractivity contribution in [3.63, 3.8) is 0 Å². The molecule has 0 aliphatic heterocycles.